The van der Waals surface area contributed by atoms with Crippen molar-refractivity contribution in [1.29, 1.82) is 0 Å². The van der Waals surface area contributed by atoms with Gasteiger partial charge in [0.05, 0.1) is 12.6 Å². The summed E-state index contributed by atoms with van der Waals surface area (Å²) in [6.45, 7) is 5.22. The SMILES string of the molecule is Cc1cc(C(=O)N2CCc3cc4ccc3C2c2cccc(c2)OCCCNC(=O)CCc2ccc(cc2)O4)nc(C)n1. The monoisotopic (exact) mass is 562 g/mol. The van der Waals surface area contributed by atoms with Gasteiger partial charge in [-0.25, -0.2) is 9.97 Å². The lowest BCUT2D eigenvalue weighted by Gasteiger charge is -2.38. The van der Waals surface area contributed by atoms with E-state index >= 15 is 0 Å². The van der Waals surface area contributed by atoms with Gasteiger partial charge in [0, 0.05) is 25.2 Å². The highest BCUT2D eigenvalue weighted by atomic mass is 16.5. The molecule has 2 amide bonds. The van der Waals surface area contributed by atoms with Gasteiger partial charge in [0.25, 0.3) is 5.91 Å². The molecule has 8 bridgehead atoms. The highest BCUT2D eigenvalue weighted by Gasteiger charge is 2.34. The van der Waals surface area contributed by atoms with E-state index in [4.69, 9.17) is 9.47 Å². The van der Waals surface area contributed by atoms with Gasteiger partial charge in [-0.05, 0) is 97.8 Å². The molecule has 0 spiro atoms. The van der Waals surface area contributed by atoms with Crippen molar-refractivity contribution >= 4 is 11.8 Å². The van der Waals surface area contributed by atoms with Crippen molar-refractivity contribution in [3.8, 4) is 17.2 Å². The van der Waals surface area contributed by atoms with Crippen LogP contribution >= 0.6 is 0 Å². The maximum Gasteiger partial charge on any atom is 0.273 e. The molecule has 8 nitrogen and oxygen atoms in total. The highest BCUT2D eigenvalue weighted by molar-refractivity contribution is 5.93. The van der Waals surface area contributed by atoms with E-state index in [1.807, 2.05) is 66.4 Å². The van der Waals surface area contributed by atoms with Crippen LogP contribution in [0.3, 0.4) is 0 Å². The van der Waals surface area contributed by atoms with Crippen molar-refractivity contribution in [3.63, 3.8) is 0 Å². The van der Waals surface area contributed by atoms with Crippen LogP contribution in [0.4, 0.5) is 0 Å². The molecule has 214 valence electrons. The Morgan fingerprint density at radius 2 is 1.74 bits per heavy atom. The molecule has 0 saturated heterocycles. The molecule has 0 fully saturated rings. The molecule has 0 radical (unpaired) electrons. The Kier molecular flexibility index (Phi) is 7.86. The molecule has 6 heterocycles. The summed E-state index contributed by atoms with van der Waals surface area (Å²) in [5.74, 6) is 2.66. The van der Waals surface area contributed by atoms with Gasteiger partial charge in [0.1, 0.15) is 28.8 Å². The Morgan fingerprint density at radius 1 is 0.905 bits per heavy atom. The lowest BCUT2D eigenvalue weighted by atomic mass is 9.87. The van der Waals surface area contributed by atoms with Crippen LogP contribution in [0.2, 0.25) is 0 Å². The summed E-state index contributed by atoms with van der Waals surface area (Å²) in [5.41, 5.74) is 5.37. The van der Waals surface area contributed by atoms with Gasteiger partial charge in [-0.2, -0.15) is 0 Å². The minimum atomic E-state index is -0.331. The van der Waals surface area contributed by atoms with E-state index in [9.17, 15) is 9.59 Å². The first-order chi connectivity index (χ1) is 20.4. The topological polar surface area (TPSA) is 93.7 Å². The average molecular weight is 563 g/mol. The van der Waals surface area contributed by atoms with Crippen molar-refractivity contribution in [2.75, 3.05) is 19.7 Å². The zero-order valence-corrected chi connectivity index (χ0v) is 23.9. The van der Waals surface area contributed by atoms with E-state index in [0.29, 0.717) is 56.9 Å². The zero-order chi connectivity index (χ0) is 29.1. The largest absolute Gasteiger partial charge is 0.494 e. The minimum absolute atomic E-state index is 0.0238. The Morgan fingerprint density at radius 3 is 2.57 bits per heavy atom. The Bertz CT molecular complexity index is 1600. The van der Waals surface area contributed by atoms with Crippen molar-refractivity contribution in [2.45, 2.75) is 45.6 Å². The fraction of sp³-hybridized carbons (Fsp3) is 0.294. The Hall–Kier alpha value is -4.72. The standard InChI is InChI=1S/C34H34N4O4/c1-22-19-31(37-23(2)36-22)34(40)38-17-15-25-20-29-12-13-30(25)33(38)26-5-3-6-28(21-26)41-18-4-16-35-32(39)14-9-24-7-10-27(42-29)11-8-24/h3,5-8,10-13,19-21,33H,4,9,14-18H2,1-2H3,(H,35,39). The van der Waals surface area contributed by atoms with E-state index in [0.717, 1.165) is 45.2 Å². The Balaban J connectivity index is 1.39. The lowest BCUT2D eigenvalue weighted by molar-refractivity contribution is -0.121. The van der Waals surface area contributed by atoms with E-state index in [1.54, 1.807) is 13.0 Å². The first-order valence-electron chi connectivity index (χ1n) is 14.5. The molecule has 1 N–H and O–H groups in total. The van der Waals surface area contributed by atoms with Gasteiger partial charge in [-0.1, -0.05) is 30.3 Å². The first-order valence-corrected chi connectivity index (χ1v) is 14.5. The number of aromatic nitrogens is 2. The molecule has 42 heavy (non-hydrogen) atoms. The zero-order valence-electron chi connectivity index (χ0n) is 23.9. The third-order valence-electron chi connectivity index (χ3n) is 7.67. The van der Waals surface area contributed by atoms with Crippen LogP contribution in [0.25, 0.3) is 0 Å². The normalized spacial score (nSPS) is 17.0. The summed E-state index contributed by atoms with van der Waals surface area (Å²) in [5, 5.41) is 2.98. The predicted molar refractivity (Wildman–Crippen MR) is 159 cm³/mol. The summed E-state index contributed by atoms with van der Waals surface area (Å²) in [4.78, 5) is 37.0. The van der Waals surface area contributed by atoms with Crippen LogP contribution in [-0.4, -0.2) is 46.4 Å². The van der Waals surface area contributed by atoms with Crippen LogP contribution in [0, 0.1) is 13.8 Å². The van der Waals surface area contributed by atoms with Gasteiger partial charge in [-0.3, -0.25) is 9.59 Å². The van der Waals surface area contributed by atoms with Crippen molar-refractivity contribution < 1.29 is 19.1 Å². The highest BCUT2D eigenvalue weighted by Crippen LogP contribution is 2.39. The summed E-state index contributed by atoms with van der Waals surface area (Å²) >= 11 is 0. The molecule has 5 aliphatic rings. The summed E-state index contributed by atoms with van der Waals surface area (Å²) in [7, 11) is 0. The molecule has 3 aromatic carbocycles. The fourth-order valence-electron chi connectivity index (χ4n) is 5.69. The molecular weight excluding hydrogens is 528 g/mol. The van der Waals surface area contributed by atoms with Gasteiger partial charge >= 0.3 is 0 Å². The number of ether oxygens (including phenoxy) is 2. The van der Waals surface area contributed by atoms with Crippen LogP contribution < -0.4 is 14.8 Å². The van der Waals surface area contributed by atoms with E-state index in [-0.39, 0.29) is 17.9 Å². The average Bonchev–Trinajstić information content (AvgIpc) is 2.99. The van der Waals surface area contributed by atoms with E-state index in [2.05, 4.69) is 27.4 Å². The quantitative estimate of drug-likeness (QED) is 0.329. The predicted octanol–water partition coefficient (Wildman–Crippen LogP) is 5.50. The Labute approximate surface area is 245 Å². The number of hydrogen-bond acceptors (Lipinski definition) is 6. The molecule has 8 heteroatoms. The molecule has 4 aromatic rings. The molecular formula is C34H34N4O4. The molecule has 0 aliphatic carbocycles. The second-order valence-electron chi connectivity index (χ2n) is 10.8. The smallest absolute Gasteiger partial charge is 0.273 e. The molecule has 9 rings (SSSR count). The number of nitrogens with zero attached hydrogens (tertiary/aromatic N) is 3. The maximum absolute atomic E-state index is 14.0. The number of carbonyl (C=O) groups is 2. The van der Waals surface area contributed by atoms with Crippen LogP contribution in [0.15, 0.2) is 72.8 Å². The second-order valence-corrected chi connectivity index (χ2v) is 10.8. The van der Waals surface area contributed by atoms with Gasteiger partial charge in [0.2, 0.25) is 5.91 Å². The summed E-state index contributed by atoms with van der Waals surface area (Å²) in [6.07, 6.45) is 2.47. The van der Waals surface area contributed by atoms with Crippen LogP contribution in [0.5, 0.6) is 17.2 Å². The van der Waals surface area contributed by atoms with Crippen molar-refractivity contribution in [3.05, 3.63) is 112 Å². The summed E-state index contributed by atoms with van der Waals surface area (Å²) in [6, 6.07) is 23.3. The molecule has 5 aliphatic heterocycles. The minimum Gasteiger partial charge on any atom is -0.494 e. The molecule has 1 atom stereocenters. The molecule has 1 unspecified atom stereocenters. The van der Waals surface area contributed by atoms with Gasteiger partial charge in [-0.15, -0.1) is 0 Å². The van der Waals surface area contributed by atoms with Crippen LogP contribution in [-0.2, 0) is 17.6 Å². The third kappa shape index (κ3) is 6.12. The third-order valence-corrected chi connectivity index (χ3v) is 7.67. The van der Waals surface area contributed by atoms with E-state index < -0.39 is 0 Å². The van der Waals surface area contributed by atoms with Crippen LogP contribution in [0.1, 0.15) is 63.1 Å². The van der Waals surface area contributed by atoms with Gasteiger partial charge < -0.3 is 19.7 Å². The lowest BCUT2D eigenvalue weighted by Crippen LogP contribution is -2.41. The fourth-order valence-corrected chi connectivity index (χ4v) is 5.69. The van der Waals surface area contributed by atoms with Gasteiger partial charge in [0.15, 0.2) is 0 Å². The second kappa shape index (κ2) is 12.0. The number of nitrogens with one attached hydrogen (secondary N) is 1. The number of benzene rings is 3. The number of hydrogen-bond donors (Lipinski definition) is 1. The number of aryl methyl sites for hydroxylation is 3. The number of carbonyl (C=O) groups excluding carboxylic acids is 2. The number of amides is 2. The van der Waals surface area contributed by atoms with Crippen molar-refractivity contribution in [1.82, 2.24) is 20.2 Å². The van der Waals surface area contributed by atoms with E-state index in [1.165, 1.54) is 0 Å². The maximum atomic E-state index is 14.0. The summed E-state index contributed by atoms with van der Waals surface area (Å²) < 4.78 is 12.3. The molecule has 0 saturated carbocycles. The number of rotatable bonds is 1. The first kappa shape index (κ1) is 27.4. The van der Waals surface area contributed by atoms with Crippen molar-refractivity contribution in [2.24, 2.45) is 0 Å². The molecule has 1 aromatic heterocycles.